The lowest BCUT2D eigenvalue weighted by Crippen LogP contribution is -2.07. The quantitative estimate of drug-likeness (QED) is 0.574. The highest BCUT2D eigenvalue weighted by molar-refractivity contribution is 6.02. The van der Waals surface area contributed by atoms with E-state index >= 15 is 0 Å². The van der Waals surface area contributed by atoms with Crippen LogP contribution in [0.1, 0.15) is 28.3 Å². The summed E-state index contributed by atoms with van der Waals surface area (Å²) in [5, 5.41) is 6.86. The van der Waals surface area contributed by atoms with Crippen LogP contribution in [-0.2, 0) is 4.79 Å². The zero-order chi connectivity index (χ0) is 18.7. The van der Waals surface area contributed by atoms with E-state index in [1.54, 1.807) is 18.2 Å². The summed E-state index contributed by atoms with van der Waals surface area (Å²) in [7, 11) is 0. The van der Waals surface area contributed by atoms with Crippen molar-refractivity contribution in [1.29, 1.82) is 0 Å². The van der Waals surface area contributed by atoms with Gasteiger partial charge in [0.2, 0.25) is 5.91 Å². The summed E-state index contributed by atoms with van der Waals surface area (Å²) in [6, 6.07) is 11.0. The lowest BCUT2D eigenvalue weighted by Gasteiger charge is -2.04. The standard InChI is InChI=1S/C21H19N3O2/c1-5-17-7-6-8-19(13-17)22-21(25)10-9-18-11-14(2)24(16(18)4)20-12-15(3)26-23-20/h1,6-13H,2-4H3,(H,22,25)/b10-9+. The third-order valence-electron chi connectivity index (χ3n) is 4.03. The number of anilines is 1. The van der Waals surface area contributed by atoms with Gasteiger partial charge in [0.25, 0.3) is 0 Å². The van der Waals surface area contributed by atoms with Gasteiger partial charge in [0.1, 0.15) is 5.76 Å². The number of aromatic nitrogens is 2. The summed E-state index contributed by atoms with van der Waals surface area (Å²) in [6.07, 6.45) is 8.66. The molecule has 0 spiro atoms. The molecule has 0 aliphatic rings. The van der Waals surface area contributed by atoms with Gasteiger partial charge < -0.3 is 9.84 Å². The summed E-state index contributed by atoms with van der Waals surface area (Å²) >= 11 is 0. The van der Waals surface area contributed by atoms with Gasteiger partial charge in [0.05, 0.1) is 0 Å². The lowest BCUT2D eigenvalue weighted by molar-refractivity contribution is -0.111. The number of hydrogen-bond donors (Lipinski definition) is 1. The Morgan fingerprint density at radius 3 is 2.77 bits per heavy atom. The molecule has 0 bridgehead atoms. The Hall–Kier alpha value is -3.52. The van der Waals surface area contributed by atoms with Gasteiger partial charge in [-0.3, -0.25) is 9.36 Å². The Labute approximate surface area is 152 Å². The van der Waals surface area contributed by atoms with Crippen molar-refractivity contribution in [2.24, 2.45) is 0 Å². The van der Waals surface area contributed by atoms with E-state index in [1.807, 2.05) is 49.6 Å². The van der Waals surface area contributed by atoms with E-state index in [-0.39, 0.29) is 5.91 Å². The van der Waals surface area contributed by atoms with Gasteiger partial charge >= 0.3 is 0 Å². The second kappa shape index (κ2) is 7.16. The molecule has 1 aromatic carbocycles. The number of amides is 1. The Kier molecular flexibility index (Phi) is 4.76. The van der Waals surface area contributed by atoms with Crippen LogP contribution in [0, 0.1) is 33.1 Å². The van der Waals surface area contributed by atoms with Crippen molar-refractivity contribution in [1.82, 2.24) is 9.72 Å². The van der Waals surface area contributed by atoms with Crippen molar-refractivity contribution in [3.8, 4) is 18.2 Å². The fourth-order valence-corrected chi connectivity index (χ4v) is 2.80. The molecule has 0 radical (unpaired) electrons. The Bertz CT molecular complexity index is 1030. The summed E-state index contributed by atoms with van der Waals surface area (Å²) < 4.78 is 7.15. The molecule has 0 unspecified atom stereocenters. The van der Waals surface area contributed by atoms with E-state index in [4.69, 9.17) is 10.9 Å². The zero-order valence-electron chi connectivity index (χ0n) is 14.9. The predicted octanol–water partition coefficient (Wildman–Crippen LogP) is 4.02. The third-order valence-corrected chi connectivity index (χ3v) is 4.03. The molecule has 0 atom stereocenters. The first-order valence-corrected chi connectivity index (χ1v) is 8.16. The molecular weight excluding hydrogens is 326 g/mol. The number of nitrogens with one attached hydrogen (secondary N) is 1. The van der Waals surface area contributed by atoms with Gasteiger partial charge in [-0.25, -0.2) is 0 Å². The molecule has 130 valence electrons. The molecule has 0 fully saturated rings. The van der Waals surface area contributed by atoms with Crippen LogP contribution in [0.2, 0.25) is 0 Å². The molecule has 3 rings (SSSR count). The molecule has 26 heavy (non-hydrogen) atoms. The van der Waals surface area contributed by atoms with Crippen LogP contribution >= 0.6 is 0 Å². The molecule has 0 saturated carbocycles. The van der Waals surface area contributed by atoms with Crippen molar-refractivity contribution in [2.75, 3.05) is 5.32 Å². The average Bonchev–Trinajstić information content (AvgIpc) is 3.15. The smallest absolute Gasteiger partial charge is 0.248 e. The second-order valence-corrected chi connectivity index (χ2v) is 6.01. The molecule has 5 nitrogen and oxygen atoms in total. The summed E-state index contributed by atoms with van der Waals surface area (Å²) in [6.45, 7) is 5.82. The van der Waals surface area contributed by atoms with E-state index < -0.39 is 0 Å². The van der Waals surface area contributed by atoms with Crippen LogP contribution in [0.4, 0.5) is 5.69 Å². The predicted molar refractivity (Wildman–Crippen MR) is 102 cm³/mol. The SMILES string of the molecule is C#Cc1cccc(NC(=O)/C=C/c2cc(C)n(-c3cc(C)on3)c2C)c1. The molecular formula is C21H19N3O2. The maximum absolute atomic E-state index is 12.2. The molecule has 1 amide bonds. The van der Waals surface area contributed by atoms with E-state index in [9.17, 15) is 4.79 Å². The molecule has 0 saturated heterocycles. The Balaban J connectivity index is 1.78. The number of carbonyl (C=O) groups excluding carboxylic acids is 1. The normalized spacial score (nSPS) is 10.8. The van der Waals surface area contributed by atoms with E-state index in [2.05, 4.69) is 16.4 Å². The highest BCUT2D eigenvalue weighted by Gasteiger charge is 2.12. The summed E-state index contributed by atoms with van der Waals surface area (Å²) in [5.74, 6) is 3.80. The number of aryl methyl sites for hydroxylation is 2. The van der Waals surface area contributed by atoms with Gasteiger partial charge in [0.15, 0.2) is 5.82 Å². The van der Waals surface area contributed by atoms with Gasteiger partial charge in [-0.1, -0.05) is 17.1 Å². The highest BCUT2D eigenvalue weighted by atomic mass is 16.5. The molecule has 2 aromatic heterocycles. The topological polar surface area (TPSA) is 60.1 Å². The summed E-state index contributed by atoms with van der Waals surface area (Å²) in [4.78, 5) is 12.2. The molecule has 2 heterocycles. The van der Waals surface area contributed by atoms with Crippen LogP contribution in [-0.4, -0.2) is 15.6 Å². The largest absolute Gasteiger partial charge is 0.360 e. The van der Waals surface area contributed by atoms with Crippen LogP contribution in [0.15, 0.2) is 47.0 Å². The fourth-order valence-electron chi connectivity index (χ4n) is 2.80. The minimum absolute atomic E-state index is 0.221. The number of carbonyl (C=O) groups is 1. The van der Waals surface area contributed by atoms with Crippen LogP contribution in [0.25, 0.3) is 11.9 Å². The Morgan fingerprint density at radius 2 is 2.08 bits per heavy atom. The number of rotatable bonds is 4. The zero-order valence-corrected chi connectivity index (χ0v) is 14.9. The van der Waals surface area contributed by atoms with Gasteiger partial charge in [0, 0.05) is 34.8 Å². The molecule has 0 aliphatic heterocycles. The molecule has 1 N–H and O–H groups in total. The minimum Gasteiger partial charge on any atom is -0.360 e. The van der Waals surface area contributed by atoms with Crippen LogP contribution in [0.5, 0.6) is 0 Å². The maximum Gasteiger partial charge on any atom is 0.248 e. The number of benzene rings is 1. The fraction of sp³-hybridized carbons (Fsp3) is 0.143. The van der Waals surface area contributed by atoms with Crippen molar-refractivity contribution < 1.29 is 9.32 Å². The monoisotopic (exact) mass is 345 g/mol. The van der Waals surface area contributed by atoms with E-state index in [0.717, 1.165) is 34.1 Å². The number of hydrogen-bond acceptors (Lipinski definition) is 3. The Morgan fingerprint density at radius 1 is 1.27 bits per heavy atom. The van der Waals surface area contributed by atoms with Crippen LogP contribution in [0.3, 0.4) is 0 Å². The van der Waals surface area contributed by atoms with Gasteiger partial charge in [-0.15, -0.1) is 6.42 Å². The minimum atomic E-state index is -0.221. The van der Waals surface area contributed by atoms with Crippen molar-refractivity contribution in [3.05, 3.63) is 70.7 Å². The van der Waals surface area contributed by atoms with Gasteiger partial charge in [-0.2, -0.15) is 0 Å². The van der Waals surface area contributed by atoms with E-state index in [0.29, 0.717) is 5.69 Å². The first kappa shape index (κ1) is 17.3. The number of terminal acetylenes is 1. The highest BCUT2D eigenvalue weighted by Crippen LogP contribution is 2.21. The van der Waals surface area contributed by atoms with Gasteiger partial charge in [-0.05, 0) is 56.7 Å². The maximum atomic E-state index is 12.2. The summed E-state index contributed by atoms with van der Waals surface area (Å²) in [5.41, 5.74) is 4.32. The average molecular weight is 345 g/mol. The van der Waals surface area contributed by atoms with E-state index in [1.165, 1.54) is 6.08 Å². The number of nitrogens with zero attached hydrogens (tertiary/aromatic N) is 2. The van der Waals surface area contributed by atoms with Crippen molar-refractivity contribution in [3.63, 3.8) is 0 Å². The molecule has 0 aliphatic carbocycles. The van der Waals surface area contributed by atoms with Crippen molar-refractivity contribution >= 4 is 17.7 Å². The first-order valence-electron chi connectivity index (χ1n) is 8.16. The molecule has 5 heteroatoms. The second-order valence-electron chi connectivity index (χ2n) is 6.01. The third kappa shape index (κ3) is 3.60. The first-order chi connectivity index (χ1) is 12.5. The van der Waals surface area contributed by atoms with Crippen LogP contribution < -0.4 is 5.32 Å². The van der Waals surface area contributed by atoms with Crippen molar-refractivity contribution in [2.45, 2.75) is 20.8 Å². The molecule has 3 aromatic rings. The lowest BCUT2D eigenvalue weighted by atomic mass is 10.2.